The summed E-state index contributed by atoms with van der Waals surface area (Å²) in [6.07, 6.45) is 0. The molecule has 1 aliphatic heterocycles. The Kier molecular flexibility index (Phi) is 4.77. The van der Waals surface area contributed by atoms with E-state index in [9.17, 15) is 19.7 Å². The van der Waals surface area contributed by atoms with Gasteiger partial charge < -0.3 is 4.74 Å². The summed E-state index contributed by atoms with van der Waals surface area (Å²) in [4.78, 5) is 36.8. The van der Waals surface area contributed by atoms with Gasteiger partial charge in [0.15, 0.2) is 0 Å². The molecule has 2 aromatic carbocycles. The Morgan fingerprint density at radius 3 is 2.23 bits per heavy atom. The van der Waals surface area contributed by atoms with Gasteiger partial charge in [-0.2, -0.15) is 0 Å². The van der Waals surface area contributed by atoms with Gasteiger partial charge >= 0.3 is 0 Å². The van der Waals surface area contributed by atoms with Gasteiger partial charge in [0.1, 0.15) is 5.75 Å². The van der Waals surface area contributed by atoms with E-state index in [-0.39, 0.29) is 5.69 Å². The van der Waals surface area contributed by atoms with Crippen LogP contribution in [0.4, 0.5) is 16.2 Å². The topological polar surface area (TPSA) is 89.8 Å². The number of ether oxygens (including phenoxy) is 1. The van der Waals surface area contributed by atoms with E-state index in [1.165, 1.54) is 19.2 Å². The number of hydrogen-bond donors (Lipinski definition) is 0. The standard InChI is InChI=1S/C18H14N2O5S/c1-11(12-3-5-14(6-4-12)20(23)24)16-17(21)19(18(22)26-16)13-7-9-15(25-2)10-8-13/h3-10H,1-2H3/b16-11-. The zero-order valence-electron chi connectivity index (χ0n) is 14.0. The average Bonchev–Trinajstić information content (AvgIpc) is 2.95. The van der Waals surface area contributed by atoms with Crippen LogP contribution in [0.25, 0.3) is 5.57 Å². The number of benzene rings is 2. The predicted molar refractivity (Wildman–Crippen MR) is 99.2 cm³/mol. The molecular weight excluding hydrogens is 356 g/mol. The van der Waals surface area contributed by atoms with Crippen LogP contribution in [0.15, 0.2) is 53.4 Å². The molecule has 3 rings (SSSR count). The molecular formula is C18H14N2O5S. The second kappa shape index (κ2) is 7.01. The second-order valence-corrected chi connectivity index (χ2v) is 6.43. The zero-order chi connectivity index (χ0) is 18.8. The molecule has 2 amide bonds. The minimum atomic E-state index is -0.489. The maximum atomic E-state index is 12.7. The van der Waals surface area contributed by atoms with Crippen molar-refractivity contribution in [3.63, 3.8) is 0 Å². The van der Waals surface area contributed by atoms with Gasteiger partial charge in [-0.1, -0.05) is 0 Å². The molecule has 132 valence electrons. The molecule has 1 saturated heterocycles. The minimum absolute atomic E-state index is 0.0344. The van der Waals surface area contributed by atoms with E-state index in [2.05, 4.69) is 0 Å². The third-order valence-electron chi connectivity index (χ3n) is 3.95. The highest BCUT2D eigenvalue weighted by atomic mass is 32.2. The third-order valence-corrected chi connectivity index (χ3v) is 4.99. The monoisotopic (exact) mass is 370 g/mol. The Morgan fingerprint density at radius 2 is 1.69 bits per heavy atom. The van der Waals surface area contributed by atoms with Crippen LogP contribution in [0.1, 0.15) is 12.5 Å². The highest BCUT2D eigenvalue weighted by Crippen LogP contribution is 2.39. The lowest BCUT2D eigenvalue weighted by Gasteiger charge is -2.13. The molecule has 0 saturated carbocycles. The van der Waals surface area contributed by atoms with Gasteiger partial charge in [-0.3, -0.25) is 19.7 Å². The van der Waals surface area contributed by atoms with E-state index in [0.717, 1.165) is 16.7 Å². The maximum Gasteiger partial charge on any atom is 0.298 e. The molecule has 26 heavy (non-hydrogen) atoms. The van der Waals surface area contributed by atoms with Crippen molar-refractivity contribution in [2.75, 3.05) is 12.0 Å². The van der Waals surface area contributed by atoms with Crippen molar-refractivity contribution in [2.45, 2.75) is 6.92 Å². The molecule has 0 radical (unpaired) electrons. The van der Waals surface area contributed by atoms with E-state index in [1.54, 1.807) is 43.3 Å². The molecule has 0 unspecified atom stereocenters. The van der Waals surface area contributed by atoms with Crippen LogP contribution in [0, 0.1) is 10.1 Å². The molecule has 0 atom stereocenters. The van der Waals surface area contributed by atoms with E-state index in [4.69, 9.17) is 4.74 Å². The summed E-state index contributed by atoms with van der Waals surface area (Å²) < 4.78 is 5.08. The number of carbonyl (C=O) groups is 2. The number of hydrogen-bond acceptors (Lipinski definition) is 6. The van der Waals surface area contributed by atoms with Crippen molar-refractivity contribution in [3.8, 4) is 5.75 Å². The van der Waals surface area contributed by atoms with Crippen LogP contribution < -0.4 is 9.64 Å². The van der Waals surface area contributed by atoms with Crippen LogP contribution in [-0.4, -0.2) is 23.2 Å². The summed E-state index contributed by atoms with van der Waals surface area (Å²) in [5.41, 5.74) is 1.67. The molecule has 0 aromatic heterocycles. The Bertz CT molecular complexity index is 920. The molecule has 1 heterocycles. The fraction of sp³-hybridized carbons (Fsp3) is 0.111. The molecule has 7 nitrogen and oxygen atoms in total. The maximum absolute atomic E-state index is 12.7. The number of imide groups is 1. The number of methoxy groups -OCH3 is 1. The molecule has 1 fully saturated rings. The summed E-state index contributed by atoms with van der Waals surface area (Å²) in [6.45, 7) is 1.71. The summed E-state index contributed by atoms with van der Waals surface area (Å²) in [7, 11) is 1.53. The first-order valence-corrected chi connectivity index (χ1v) is 8.40. The third kappa shape index (κ3) is 3.18. The van der Waals surface area contributed by atoms with Crippen molar-refractivity contribution >= 4 is 39.9 Å². The number of non-ortho nitro benzene ring substituents is 1. The van der Waals surface area contributed by atoms with Gasteiger partial charge in [-0.25, -0.2) is 4.90 Å². The van der Waals surface area contributed by atoms with Crippen molar-refractivity contribution in [1.82, 2.24) is 0 Å². The van der Waals surface area contributed by atoms with Crippen LogP contribution in [0.3, 0.4) is 0 Å². The van der Waals surface area contributed by atoms with Crippen LogP contribution in [0.2, 0.25) is 0 Å². The smallest absolute Gasteiger partial charge is 0.298 e. The number of carbonyl (C=O) groups excluding carboxylic acids is 2. The van der Waals surface area contributed by atoms with Gasteiger partial charge in [-0.05, 0) is 66.2 Å². The highest BCUT2D eigenvalue weighted by Gasteiger charge is 2.37. The lowest BCUT2D eigenvalue weighted by atomic mass is 10.1. The summed E-state index contributed by atoms with van der Waals surface area (Å²) in [5, 5.41) is 10.4. The molecule has 2 aromatic rings. The number of allylic oxidation sites excluding steroid dienone is 1. The highest BCUT2D eigenvalue weighted by molar-refractivity contribution is 8.19. The fourth-order valence-electron chi connectivity index (χ4n) is 2.52. The summed E-state index contributed by atoms with van der Waals surface area (Å²) in [5.74, 6) is 0.208. The summed E-state index contributed by atoms with van der Waals surface area (Å²) in [6, 6.07) is 12.5. The Balaban J connectivity index is 1.93. The number of nitro benzene ring substituents is 1. The zero-order valence-corrected chi connectivity index (χ0v) is 14.8. The Labute approximate surface area is 153 Å². The number of rotatable bonds is 4. The van der Waals surface area contributed by atoms with Crippen molar-refractivity contribution < 1.29 is 19.2 Å². The number of amides is 2. The second-order valence-electron chi connectivity index (χ2n) is 5.46. The Morgan fingerprint density at radius 1 is 1.08 bits per heavy atom. The largest absolute Gasteiger partial charge is 0.497 e. The van der Waals surface area contributed by atoms with Crippen LogP contribution in [-0.2, 0) is 4.79 Å². The van der Waals surface area contributed by atoms with Gasteiger partial charge in [0, 0.05) is 12.1 Å². The van der Waals surface area contributed by atoms with Gasteiger partial charge in [0.05, 0.1) is 22.6 Å². The number of anilines is 1. The minimum Gasteiger partial charge on any atom is -0.497 e. The predicted octanol–water partition coefficient (Wildman–Crippen LogP) is 4.23. The lowest BCUT2D eigenvalue weighted by Crippen LogP contribution is -2.27. The normalized spacial score (nSPS) is 16.0. The first kappa shape index (κ1) is 17.7. The fourth-order valence-corrected chi connectivity index (χ4v) is 3.42. The molecule has 1 aliphatic rings. The molecule has 0 spiro atoms. The Hall–Kier alpha value is -3.13. The molecule has 8 heteroatoms. The van der Waals surface area contributed by atoms with Gasteiger partial charge in [0.25, 0.3) is 16.8 Å². The number of nitro groups is 1. The van der Waals surface area contributed by atoms with Crippen molar-refractivity contribution in [2.24, 2.45) is 0 Å². The number of nitrogens with zero attached hydrogens (tertiary/aromatic N) is 2. The van der Waals surface area contributed by atoms with Crippen LogP contribution >= 0.6 is 11.8 Å². The molecule has 0 bridgehead atoms. The van der Waals surface area contributed by atoms with Crippen molar-refractivity contribution in [3.05, 3.63) is 69.1 Å². The quantitative estimate of drug-likeness (QED) is 0.454. The SMILES string of the molecule is COc1ccc(N2C(=O)S/C(=C(/C)c3ccc([N+](=O)[O-])cc3)C2=O)cc1. The first-order valence-electron chi connectivity index (χ1n) is 7.58. The molecule has 0 N–H and O–H groups in total. The number of thioether (sulfide) groups is 1. The van der Waals surface area contributed by atoms with E-state index in [1.807, 2.05) is 0 Å². The van der Waals surface area contributed by atoms with E-state index >= 15 is 0 Å². The van der Waals surface area contributed by atoms with Crippen molar-refractivity contribution in [1.29, 1.82) is 0 Å². The summed E-state index contributed by atoms with van der Waals surface area (Å²) >= 11 is 0.852. The van der Waals surface area contributed by atoms with E-state index < -0.39 is 16.1 Å². The lowest BCUT2D eigenvalue weighted by molar-refractivity contribution is -0.384. The van der Waals surface area contributed by atoms with E-state index in [0.29, 0.717) is 27.5 Å². The first-order chi connectivity index (χ1) is 12.4. The van der Waals surface area contributed by atoms with Crippen LogP contribution in [0.5, 0.6) is 5.75 Å². The average molecular weight is 370 g/mol. The van der Waals surface area contributed by atoms with Gasteiger partial charge in [-0.15, -0.1) is 0 Å². The molecule has 0 aliphatic carbocycles. The van der Waals surface area contributed by atoms with Gasteiger partial charge in [0.2, 0.25) is 0 Å².